The third-order valence-electron chi connectivity index (χ3n) is 4.10. The topological polar surface area (TPSA) is 50.1 Å². The van der Waals surface area contributed by atoms with E-state index in [1.807, 2.05) is 52.9 Å². The number of nitrogens with one attached hydrogen (secondary N) is 1. The lowest BCUT2D eigenvalue weighted by Crippen LogP contribution is -2.55. The van der Waals surface area contributed by atoms with Gasteiger partial charge in [0.15, 0.2) is 0 Å². The van der Waals surface area contributed by atoms with Gasteiger partial charge in [-0.1, -0.05) is 12.1 Å². The number of benzene rings is 1. The summed E-state index contributed by atoms with van der Waals surface area (Å²) in [6.45, 7) is 8.25. The lowest BCUT2D eigenvalue weighted by molar-refractivity contribution is -0.00568. The molecule has 2 rings (SSSR count). The van der Waals surface area contributed by atoms with Gasteiger partial charge in [-0.3, -0.25) is 0 Å². The Morgan fingerprint density at radius 2 is 1.84 bits per heavy atom. The van der Waals surface area contributed by atoms with Crippen LogP contribution in [0.1, 0.15) is 33.5 Å². The molecule has 19 heavy (non-hydrogen) atoms. The largest absolute Gasteiger partial charge is 0.389 e. The molecule has 0 aliphatic carbocycles. The maximum Gasteiger partial charge on any atom is 0.123 e. The van der Waals surface area contributed by atoms with E-state index in [0.29, 0.717) is 6.54 Å². The van der Waals surface area contributed by atoms with Crippen LogP contribution in [0.2, 0.25) is 0 Å². The second-order valence-corrected chi connectivity index (χ2v) is 6.11. The highest BCUT2D eigenvalue weighted by Gasteiger charge is 2.34. The number of fused-ring (bicyclic) bond motifs is 1. The van der Waals surface area contributed by atoms with Crippen molar-refractivity contribution >= 4 is 11.0 Å². The number of nitrogens with zero attached hydrogens (tertiary/aromatic N) is 2. The first-order valence-corrected chi connectivity index (χ1v) is 6.60. The number of hydrogen-bond donors (Lipinski definition) is 2. The molecular weight excluding hydrogens is 238 g/mol. The van der Waals surface area contributed by atoms with E-state index in [4.69, 9.17) is 0 Å². The van der Waals surface area contributed by atoms with Crippen LogP contribution in [0.3, 0.4) is 0 Å². The number of aryl methyl sites for hydroxylation is 1. The van der Waals surface area contributed by atoms with Crippen molar-refractivity contribution in [2.24, 2.45) is 7.05 Å². The van der Waals surface area contributed by atoms with Crippen molar-refractivity contribution < 1.29 is 5.11 Å². The van der Waals surface area contributed by atoms with Crippen LogP contribution in [0, 0.1) is 0 Å². The summed E-state index contributed by atoms with van der Waals surface area (Å²) in [6, 6.07) is 8.09. The van der Waals surface area contributed by atoms with Crippen molar-refractivity contribution in [2.45, 2.75) is 45.4 Å². The molecule has 0 saturated carbocycles. The summed E-state index contributed by atoms with van der Waals surface area (Å²) in [5, 5.41) is 13.5. The monoisotopic (exact) mass is 261 g/mol. The van der Waals surface area contributed by atoms with Crippen molar-refractivity contribution in [2.75, 3.05) is 0 Å². The van der Waals surface area contributed by atoms with Crippen LogP contribution in [0.25, 0.3) is 11.0 Å². The molecule has 2 aromatic rings. The Bertz CT molecular complexity index is 579. The highest BCUT2D eigenvalue weighted by atomic mass is 16.3. The van der Waals surface area contributed by atoms with Crippen LogP contribution in [0.5, 0.6) is 0 Å². The quantitative estimate of drug-likeness (QED) is 0.887. The van der Waals surface area contributed by atoms with Gasteiger partial charge in [-0.05, 0) is 39.8 Å². The average molecular weight is 261 g/mol. The van der Waals surface area contributed by atoms with Crippen LogP contribution in [0.4, 0.5) is 0 Å². The van der Waals surface area contributed by atoms with Crippen LogP contribution >= 0.6 is 0 Å². The molecule has 0 atom stereocenters. The molecule has 2 N–H and O–H groups in total. The summed E-state index contributed by atoms with van der Waals surface area (Å²) in [5.41, 5.74) is 0.950. The van der Waals surface area contributed by atoms with E-state index >= 15 is 0 Å². The Kier molecular flexibility index (Phi) is 3.41. The van der Waals surface area contributed by atoms with Gasteiger partial charge in [-0.25, -0.2) is 4.98 Å². The second kappa shape index (κ2) is 4.62. The Labute approximate surface area is 114 Å². The minimum atomic E-state index is -0.794. The first-order chi connectivity index (χ1) is 8.72. The van der Waals surface area contributed by atoms with Gasteiger partial charge in [0, 0.05) is 12.6 Å². The molecule has 4 nitrogen and oxygen atoms in total. The zero-order chi connectivity index (χ0) is 14.3. The molecule has 0 unspecified atom stereocenters. The Hall–Kier alpha value is -1.39. The van der Waals surface area contributed by atoms with Crippen LogP contribution < -0.4 is 5.32 Å². The van der Waals surface area contributed by atoms with Gasteiger partial charge in [0.2, 0.25) is 0 Å². The van der Waals surface area contributed by atoms with E-state index in [-0.39, 0.29) is 5.54 Å². The van der Waals surface area contributed by atoms with Crippen LogP contribution in [0.15, 0.2) is 24.3 Å². The highest BCUT2D eigenvalue weighted by molar-refractivity contribution is 5.75. The number of imidazole rings is 1. The smallest absolute Gasteiger partial charge is 0.123 e. The molecule has 0 aliphatic rings. The van der Waals surface area contributed by atoms with Crippen molar-refractivity contribution in [1.29, 1.82) is 0 Å². The normalized spacial score (nSPS) is 13.2. The molecule has 104 valence electrons. The summed E-state index contributed by atoms with van der Waals surface area (Å²) in [6.07, 6.45) is 0. The maximum atomic E-state index is 10.1. The van der Waals surface area contributed by atoms with E-state index in [9.17, 15) is 5.11 Å². The first-order valence-electron chi connectivity index (χ1n) is 6.60. The molecule has 0 fully saturated rings. The summed E-state index contributed by atoms with van der Waals surface area (Å²) >= 11 is 0. The molecule has 0 bridgehead atoms. The summed E-state index contributed by atoms with van der Waals surface area (Å²) in [5.74, 6) is 0.971. The first kappa shape index (κ1) is 14.0. The molecule has 1 aromatic carbocycles. The van der Waals surface area contributed by atoms with E-state index in [0.717, 1.165) is 16.9 Å². The van der Waals surface area contributed by atoms with Crippen molar-refractivity contribution in [1.82, 2.24) is 14.9 Å². The molecule has 0 saturated heterocycles. The Morgan fingerprint density at radius 1 is 1.21 bits per heavy atom. The predicted molar refractivity (Wildman–Crippen MR) is 77.9 cm³/mol. The molecule has 4 heteroatoms. The zero-order valence-corrected chi connectivity index (χ0v) is 12.4. The van der Waals surface area contributed by atoms with Gasteiger partial charge >= 0.3 is 0 Å². The number of aromatic nitrogens is 2. The molecule has 0 aliphatic heterocycles. The number of rotatable bonds is 4. The SMILES string of the molecule is Cn1c(CNC(C)(C)C(C)(C)O)nc2ccccc21. The fraction of sp³-hybridized carbons (Fsp3) is 0.533. The standard InChI is InChI=1S/C15H23N3O/c1-14(2,15(3,4)19)16-10-13-17-11-8-6-7-9-12(11)18(13)5/h6-9,16,19H,10H2,1-5H3. The minimum absolute atomic E-state index is 0.384. The lowest BCUT2D eigenvalue weighted by atomic mass is 9.86. The fourth-order valence-corrected chi connectivity index (χ4v) is 1.87. The average Bonchev–Trinajstić information content (AvgIpc) is 2.63. The molecule has 1 heterocycles. The van der Waals surface area contributed by atoms with Gasteiger partial charge in [-0.2, -0.15) is 0 Å². The third kappa shape index (κ3) is 2.65. The molecule has 0 amide bonds. The zero-order valence-electron chi connectivity index (χ0n) is 12.4. The van der Waals surface area contributed by atoms with Crippen molar-refractivity contribution in [3.8, 4) is 0 Å². The van der Waals surface area contributed by atoms with Gasteiger partial charge in [0.1, 0.15) is 5.82 Å². The molecule has 1 aromatic heterocycles. The summed E-state index contributed by atoms with van der Waals surface area (Å²) < 4.78 is 2.09. The van der Waals surface area contributed by atoms with E-state index in [1.54, 1.807) is 0 Å². The predicted octanol–water partition coefficient (Wildman–Crippen LogP) is 2.21. The number of hydrogen-bond acceptors (Lipinski definition) is 3. The Morgan fingerprint density at radius 3 is 2.42 bits per heavy atom. The van der Waals surface area contributed by atoms with E-state index in [2.05, 4.69) is 20.9 Å². The number of aliphatic hydroxyl groups is 1. The van der Waals surface area contributed by atoms with Gasteiger partial charge in [0.25, 0.3) is 0 Å². The molecule has 0 spiro atoms. The summed E-state index contributed by atoms with van der Waals surface area (Å²) in [4.78, 5) is 4.62. The lowest BCUT2D eigenvalue weighted by Gasteiger charge is -2.38. The van der Waals surface area contributed by atoms with Crippen molar-refractivity contribution in [3.05, 3.63) is 30.1 Å². The molecular formula is C15H23N3O. The van der Waals surface area contributed by atoms with Gasteiger partial charge < -0.3 is 15.0 Å². The molecule has 0 radical (unpaired) electrons. The number of para-hydroxylation sites is 2. The van der Waals surface area contributed by atoms with Crippen molar-refractivity contribution in [3.63, 3.8) is 0 Å². The third-order valence-corrected chi connectivity index (χ3v) is 4.10. The van der Waals surface area contributed by atoms with Crippen LogP contribution in [-0.2, 0) is 13.6 Å². The Balaban J connectivity index is 2.21. The fourth-order valence-electron chi connectivity index (χ4n) is 1.87. The van der Waals surface area contributed by atoms with Gasteiger partial charge in [0.05, 0.1) is 23.2 Å². The minimum Gasteiger partial charge on any atom is -0.389 e. The van der Waals surface area contributed by atoms with Crippen LogP contribution in [-0.4, -0.2) is 25.8 Å². The maximum absolute atomic E-state index is 10.1. The van der Waals surface area contributed by atoms with E-state index in [1.165, 1.54) is 0 Å². The van der Waals surface area contributed by atoms with Gasteiger partial charge in [-0.15, -0.1) is 0 Å². The second-order valence-electron chi connectivity index (χ2n) is 6.11. The van der Waals surface area contributed by atoms with E-state index < -0.39 is 5.60 Å². The summed E-state index contributed by atoms with van der Waals surface area (Å²) in [7, 11) is 2.02. The highest BCUT2D eigenvalue weighted by Crippen LogP contribution is 2.21.